The standard InChI is InChI=1S/C22H25FN4.H2/c1-14-15(2)24-22(25-19-10-8-18(23)9-11-19)26-21(14)27-13-12-17-6-4-5-7-20(17)16(27)3;/h6-11,16H,4-5,12-13H2,1-3H3,(H,24,25,26);1H. The summed E-state index contributed by atoms with van der Waals surface area (Å²) in [6, 6.07) is 6.56. The fourth-order valence-electron chi connectivity index (χ4n) is 3.93. The molecule has 1 aromatic heterocycles. The Hall–Kier alpha value is -2.69. The maximum Gasteiger partial charge on any atom is 0.229 e. The number of nitrogens with zero attached hydrogens (tertiary/aromatic N) is 3. The quantitative estimate of drug-likeness (QED) is 0.782. The van der Waals surface area contributed by atoms with E-state index in [0.717, 1.165) is 48.6 Å². The fourth-order valence-corrected chi connectivity index (χ4v) is 3.93. The first kappa shape index (κ1) is 17.7. The minimum absolute atomic E-state index is 0. The molecule has 1 unspecified atom stereocenters. The Bertz CT molecular complexity index is 921. The number of allylic oxidation sites excluding steroid dienone is 2. The third kappa shape index (κ3) is 3.46. The summed E-state index contributed by atoms with van der Waals surface area (Å²) >= 11 is 0. The molecule has 0 saturated carbocycles. The van der Waals surface area contributed by atoms with Crippen molar-refractivity contribution in [3.8, 4) is 0 Å². The number of piperidine rings is 1. The zero-order chi connectivity index (χ0) is 19.0. The van der Waals surface area contributed by atoms with Gasteiger partial charge >= 0.3 is 0 Å². The number of anilines is 3. The van der Waals surface area contributed by atoms with E-state index in [-0.39, 0.29) is 7.24 Å². The van der Waals surface area contributed by atoms with Crippen LogP contribution in [-0.4, -0.2) is 22.6 Å². The number of nitrogens with one attached hydrogen (secondary N) is 1. The lowest BCUT2D eigenvalue weighted by Gasteiger charge is -2.40. The second kappa shape index (κ2) is 7.14. The first-order valence-electron chi connectivity index (χ1n) is 9.57. The van der Waals surface area contributed by atoms with Crippen LogP contribution in [0.15, 0.2) is 47.6 Å². The van der Waals surface area contributed by atoms with E-state index in [1.165, 1.54) is 23.3 Å². The summed E-state index contributed by atoms with van der Waals surface area (Å²) in [4.78, 5) is 11.8. The lowest BCUT2D eigenvalue weighted by Crippen LogP contribution is -2.41. The van der Waals surface area contributed by atoms with Gasteiger partial charge in [-0.2, -0.15) is 4.98 Å². The van der Waals surface area contributed by atoms with Crippen LogP contribution in [-0.2, 0) is 0 Å². The molecule has 4 rings (SSSR count). The van der Waals surface area contributed by atoms with Crippen molar-refractivity contribution in [3.63, 3.8) is 0 Å². The van der Waals surface area contributed by atoms with Gasteiger partial charge in [-0.05, 0) is 75.4 Å². The molecular formula is C22H27FN4. The second-order valence-electron chi connectivity index (χ2n) is 7.30. The molecule has 2 aromatic rings. The molecule has 1 N–H and O–H groups in total. The molecule has 0 bridgehead atoms. The highest BCUT2D eigenvalue weighted by molar-refractivity contribution is 5.60. The van der Waals surface area contributed by atoms with E-state index in [0.29, 0.717) is 12.0 Å². The first-order valence-corrected chi connectivity index (χ1v) is 9.57. The minimum atomic E-state index is -0.256. The SMILES string of the molecule is Cc1nc(Nc2ccc(F)cc2)nc(N2CCC3=CCCC=C3C2C)c1C.[HH]. The van der Waals surface area contributed by atoms with Gasteiger partial charge in [0.15, 0.2) is 0 Å². The van der Waals surface area contributed by atoms with E-state index in [1.54, 1.807) is 12.1 Å². The summed E-state index contributed by atoms with van der Waals surface area (Å²) in [5.41, 5.74) is 5.78. The zero-order valence-corrected chi connectivity index (χ0v) is 16.1. The maximum absolute atomic E-state index is 13.2. The topological polar surface area (TPSA) is 41.1 Å². The molecule has 1 atom stereocenters. The normalized spacial score (nSPS) is 19.3. The van der Waals surface area contributed by atoms with Crippen LogP contribution in [0.1, 0.15) is 38.9 Å². The summed E-state index contributed by atoms with van der Waals surface area (Å²) in [5, 5.41) is 3.21. The predicted octanol–water partition coefficient (Wildman–Crippen LogP) is 5.47. The van der Waals surface area contributed by atoms with Crippen LogP contribution >= 0.6 is 0 Å². The Balaban J connectivity index is 0.00000225. The summed E-state index contributed by atoms with van der Waals surface area (Å²) in [5.74, 6) is 1.27. The summed E-state index contributed by atoms with van der Waals surface area (Å²) < 4.78 is 13.2. The van der Waals surface area contributed by atoms with Crippen LogP contribution in [0.5, 0.6) is 0 Å². The summed E-state index contributed by atoms with van der Waals surface area (Å²) in [6.45, 7) is 7.31. The van der Waals surface area contributed by atoms with Gasteiger partial charge in [0.2, 0.25) is 5.95 Å². The average Bonchev–Trinajstić information content (AvgIpc) is 2.67. The molecule has 4 nitrogen and oxygen atoms in total. The molecule has 2 heterocycles. The molecule has 0 spiro atoms. The van der Waals surface area contributed by atoms with Crippen molar-refractivity contribution in [2.75, 3.05) is 16.8 Å². The number of aryl methyl sites for hydroxylation is 1. The average molecular weight is 366 g/mol. The van der Waals surface area contributed by atoms with Gasteiger partial charge in [-0.1, -0.05) is 12.2 Å². The summed E-state index contributed by atoms with van der Waals surface area (Å²) in [7, 11) is 0. The Labute approximate surface area is 161 Å². The Morgan fingerprint density at radius 2 is 1.85 bits per heavy atom. The molecule has 1 aromatic carbocycles. The number of benzene rings is 1. The van der Waals surface area contributed by atoms with Gasteiger partial charge in [-0.3, -0.25) is 0 Å². The highest BCUT2D eigenvalue weighted by atomic mass is 19.1. The lowest BCUT2D eigenvalue weighted by atomic mass is 9.86. The van der Waals surface area contributed by atoms with Crippen LogP contribution < -0.4 is 10.2 Å². The van der Waals surface area contributed by atoms with Crippen molar-refractivity contribution in [2.45, 2.75) is 46.1 Å². The molecule has 1 aliphatic heterocycles. The van der Waals surface area contributed by atoms with Crippen molar-refractivity contribution >= 4 is 17.5 Å². The van der Waals surface area contributed by atoms with Crippen molar-refractivity contribution in [1.82, 2.24) is 9.97 Å². The minimum Gasteiger partial charge on any atom is -0.349 e. The molecule has 142 valence electrons. The highest BCUT2D eigenvalue weighted by Crippen LogP contribution is 2.36. The third-order valence-electron chi connectivity index (χ3n) is 5.57. The molecule has 2 aliphatic rings. The molecule has 1 aliphatic carbocycles. The Kier molecular flexibility index (Phi) is 4.68. The van der Waals surface area contributed by atoms with Gasteiger partial charge in [0, 0.05) is 24.9 Å². The van der Waals surface area contributed by atoms with E-state index in [2.05, 4.69) is 41.2 Å². The van der Waals surface area contributed by atoms with Crippen molar-refractivity contribution in [1.29, 1.82) is 0 Å². The fraction of sp³-hybridized carbons (Fsp3) is 0.364. The monoisotopic (exact) mass is 366 g/mol. The van der Waals surface area contributed by atoms with Gasteiger partial charge in [0.05, 0.1) is 6.04 Å². The van der Waals surface area contributed by atoms with Gasteiger partial charge < -0.3 is 10.2 Å². The van der Waals surface area contributed by atoms with Gasteiger partial charge in [0.1, 0.15) is 11.6 Å². The third-order valence-corrected chi connectivity index (χ3v) is 5.57. The number of hydrogen-bond acceptors (Lipinski definition) is 4. The van der Waals surface area contributed by atoms with Crippen LogP contribution in [0.25, 0.3) is 0 Å². The number of fused-ring (bicyclic) bond motifs is 1. The number of hydrogen-bond donors (Lipinski definition) is 1. The number of halogens is 1. The largest absolute Gasteiger partial charge is 0.349 e. The lowest BCUT2D eigenvalue weighted by molar-refractivity contribution is 0.628. The van der Waals surface area contributed by atoms with Crippen molar-refractivity contribution in [3.05, 3.63) is 64.6 Å². The number of rotatable bonds is 3. The van der Waals surface area contributed by atoms with Crippen LogP contribution in [0.3, 0.4) is 0 Å². The molecule has 0 radical (unpaired) electrons. The molecule has 0 amide bonds. The Morgan fingerprint density at radius 1 is 1.11 bits per heavy atom. The van der Waals surface area contributed by atoms with E-state index < -0.39 is 0 Å². The molecule has 1 fully saturated rings. The molecule has 27 heavy (non-hydrogen) atoms. The summed E-state index contributed by atoms with van der Waals surface area (Å²) in [6.07, 6.45) is 8.11. The smallest absolute Gasteiger partial charge is 0.229 e. The van der Waals surface area contributed by atoms with Crippen LogP contribution in [0.4, 0.5) is 21.8 Å². The number of aromatic nitrogens is 2. The van der Waals surface area contributed by atoms with E-state index in [9.17, 15) is 4.39 Å². The Morgan fingerprint density at radius 3 is 2.63 bits per heavy atom. The van der Waals surface area contributed by atoms with E-state index in [4.69, 9.17) is 4.98 Å². The van der Waals surface area contributed by atoms with Gasteiger partial charge in [-0.25, -0.2) is 9.37 Å². The van der Waals surface area contributed by atoms with Crippen LogP contribution in [0, 0.1) is 19.7 Å². The van der Waals surface area contributed by atoms with Gasteiger partial charge in [-0.15, -0.1) is 0 Å². The second-order valence-corrected chi connectivity index (χ2v) is 7.30. The van der Waals surface area contributed by atoms with Crippen LogP contribution in [0.2, 0.25) is 0 Å². The van der Waals surface area contributed by atoms with Crippen molar-refractivity contribution in [2.24, 2.45) is 0 Å². The van der Waals surface area contributed by atoms with Crippen molar-refractivity contribution < 1.29 is 5.82 Å². The highest BCUT2D eigenvalue weighted by Gasteiger charge is 2.29. The predicted molar refractivity (Wildman–Crippen MR) is 110 cm³/mol. The molecule has 5 heteroatoms. The van der Waals surface area contributed by atoms with Gasteiger partial charge in [0.25, 0.3) is 0 Å². The van der Waals surface area contributed by atoms with E-state index >= 15 is 0 Å². The maximum atomic E-state index is 13.2. The van der Waals surface area contributed by atoms with E-state index in [1.807, 2.05) is 6.92 Å². The zero-order valence-electron chi connectivity index (χ0n) is 16.1. The molecule has 1 saturated heterocycles. The molecular weight excluding hydrogens is 339 g/mol. The first-order chi connectivity index (χ1) is 13.0.